The zero-order chi connectivity index (χ0) is 9.80. The van der Waals surface area contributed by atoms with E-state index in [4.69, 9.17) is 15.2 Å². The summed E-state index contributed by atoms with van der Waals surface area (Å²) in [6, 6.07) is 0.164. The molecule has 14 heavy (non-hydrogen) atoms. The molecule has 1 atom stereocenters. The number of allylic oxidation sites excluding steroid dienone is 1. The smallest absolute Gasteiger partial charge is 0.115 e. The molecule has 78 valence electrons. The number of hydrogen-bond acceptors (Lipinski definition) is 3. The van der Waals surface area contributed by atoms with Crippen molar-refractivity contribution < 1.29 is 9.47 Å². The Kier molecular flexibility index (Phi) is 3.22. The monoisotopic (exact) mass is 195 g/mol. The normalized spacial score (nSPS) is 28.6. The van der Waals surface area contributed by atoms with Crippen LogP contribution in [0.15, 0.2) is 24.0 Å². The second-order valence-corrected chi connectivity index (χ2v) is 3.79. The van der Waals surface area contributed by atoms with Gasteiger partial charge < -0.3 is 15.2 Å². The molecular weight excluding hydrogens is 178 g/mol. The predicted octanol–water partition coefficient (Wildman–Crippen LogP) is 1.35. The highest BCUT2D eigenvalue weighted by atomic mass is 16.5. The fraction of sp³-hybridized carbons (Fsp3) is 0.636. The van der Waals surface area contributed by atoms with Gasteiger partial charge in [-0.2, -0.15) is 0 Å². The Balaban J connectivity index is 1.82. The predicted molar refractivity (Wildman–Crippen MR) is 54.7 cm³/mol. The van der Waals surface area contributed by atoms with E-state index in [1.54, 1.807) is 0 Å². The molecule has 0 aromatic heterocycles. The van der Waals surface area contributed by atoms with Gasteiger partial charge in [-0.05, 0) is 18.6 Å². The van der Waals surface area contributed by atoms with E-state index in [-0.39, 0.29) is 6.04 Å². The Hall–Kier alpha value is -0.800. The molecule has 1 saturated heterocycles. The van der Waals surface area contributed by atoms with Crippen molar-refractivity contribution in [2.75, 3.05) is 13.2 Å². The van der Waals surface area contributed by atoms with Crippen molar-refractivity contribution in [1.82, 2.24) is 0 Å². The highest BCUT2D eigenvalue weighted by Gasteiger charge is 2.16. The van der Waals surface area contributed by atoms with Gasteiger partial charge in [-0.25, -0.2) is 0 Å². The third-order valence-electron chi connectivity index (χ3n) is 2.57. The average Bonchev–Trinajstić information content (AvgIpc) is 2.23. The van der Waals surface area contributed by atoms with Gasteiger partial charge in [-0.3, -0.25) is 0 Å². The molecular formula is C11H17NO2. The molecule has 1 aliphatic heterocycles. The Morgan fingerprint density at radius 2 is 2.14 bits per heavy atom. The second-order valence-electron chi connectivity index (χ2n) is 3.79. The summed E-state index contributed by atoms with van der Waals surface area (Å²) in [6.45, 7) is 1.64. The molecule has 3 heteroatoms. The Morgan fingerprint density at radius 3 is 2.79 bits per heavy atom. The number of rotatable bonds is 2. The lowest BCUT2D eigenvalue weighted by atomic mass is 10.1. The fourth-order valence-electron chi connectivity index (χ4n) is 1.69. The Labute approximate surface area is 84.6 Å². The number of hydrogen-bond donors (Lipinski definition) is 1. The molecule has 2 rings (SSSR count). The van der Waals surface area contributed by atoms with Crippen LogP contribution in [-0.4, -0.2) is 25.4 Å². The van der Waals surface area contributed by atoms with Gasteiger partial charge in [0.2, 0.25) is 0 Å². The van der Waals surface area contributed by atoms with Crippen molar-refractivity contribution in [3.8, 4) is 0 Å². The summed E-state index contributed by atoms with van der Waals surface area (Å²) in [4.78, 5) is 0. The molecule has 1 fully saturated rings. The van der Waals surface area contributed by atoms with Crippen molar-refractivity contribution in [3.63, 3.8) is 0 Å². The minimum absolute atomic E-state index is 0.164. The van der Waals surface area contributed by atoms with Crippen LogP contribution in [0.5, 0.6) is 0 Å². The maximum atomic E-state index is 5.82. The second kappa shape index (κ2) is 4.62. The van der Waals surface area contributed by atoms with E-state index in [1.165, 1.54) is 0 Å². The van der Waals surface area contributed by atoms with Crippen molar-refractivity contribution in [2.45, 2.75) is 31.4 Å². The molecule has 2 aliphatic rings. The van der Waals surface area contributed by atoms with Crippen LogP contribution in [0.25, 0.3) is 0 Å². The molecule has 1 aliphatic carbocycles. The summed E-state index contributed by atoms with van der Waals surface area (Å²) < 4.78 is 11.1. The highest BCUT2D eigenvalue weighted by molar-refractivity contribution is 5.20. The molecule has 0 radical (unpaired) electrons. The third kappa shape index (κ3) is 2.59. The summed E-state index contributed by atoms with van der Waals surface area (Å²) in [5.74, 6) is 0.971. The topological polar surface area (TPSA) is 44.5 Å². The minimum atomic E-state index is 0.164. The highest BCUT2D eigenvalue weighted by Crippen LogP contribution is 2.18. The molecule has 2 N–H and O–H groups in total. The van der Waals surface area contributed by atoms with Crippen molar-refractivity contribution >= 4 is 0 Å². The van der Waals surface area contributed by atoms with Gasteiger partial charge in [0.25, 0.3) is 0 Å². The van der Waals surface area contributed by atoms with Gasteiger partial charge in [0.05, 0.1) is 13.2 Å². The van der Waals surface area contributed by atoms with Crippen molar-refractivity contribution in [2.24, 2.45) is 5.73 Å². The van der Waals surface area contributed by atoms with E-state index >= 15 is 0 Å². The summed E-state index contributed by atoms with van der Waals surface area (Å²) in [5, 5.41) is 0. The Bertz CT molecular complexity index is 242. The molecule has 0 aromatic rings. The van der Waals surface area contributed by atoms with Crippen LogP contribution in [0, 0.1) is 0 Å². The Morgan fingerprint density at radius 1 is 1.36 bits per heavy atom. The number of ether oxygens (including phenoxy) is 2. The van der Waals surface area contributed by atoms with Crippen LogP contribution in [-0.2, 0) is 9.47 Å². The van der Waals surface area contributed by atoms with E-state index in [2.05, 4.69) is 6.08 Å². The number of nitrogens with two attached hydrogens (primary N) is 1. The molecule has 0 aromatic carbocycles. The van der Waals surface area contributed by atoms with E-state index in [0.717, 1.165) is 38.2 Å². The first-order valence-electron chi connectivity index (χ1n) is 5.23. The van der Waals surface area contributed by atoms with Crippen LogP contribution >= 0.6 is 0 Å². The molecule has 1 heterocycles. The van der Waals surface area contributed by atoms with E-state index in [0.29, 0.717) is 6.10 Å². The molecule has 1 unspecified atom stereocenters. The van der Waals surface area contributed by atoms with Crippen molar-refractivity contribution in [3.05, 3.63) is 24.0 Å². The zero-order valence-corrected chi connectivity index (χ0v) is 8.32. The van der Waals surface area contributed by atoms with Crippen LogP contribution in [0.1, 0.15) is 19.3 Å². The zero-order valence-electron chi connectivity index (χ0n) is 8.32. The molecule has 0 amide bonds. The lowest BCUT2D eigenvalue weighted by molar-refractivity contribution is -0.00113. The van der Waals surface area contributed by atoms with E-state index < -0.39 is 0 Å². The van der Waals surface area contributed by atoms with E-state index in [9.17, 15) is 0 Å². The lowest BCUT2D eigenvalue weighted by Gasteiger charge is -2.25. The third-order valence-corrected chi connectivity index (χ3v) is 2.57. The molecule has 0 saturated carbocycles. The van der Waals surface area contributed by atoms with Gasteiger partial charge in [0.1, 0.15) is 11.9 Å². The standard InChI is InChI=1S/C11H17NO2/c12-9-1-3-10(4-2-9)14-11-5-7-13-8-6-11/h1,3-4,9,11H,2,5-8,12H2. The first-order chi connectivity index (χ1) is 6.84. The molecule has 0 spiro atoms. The van der Waals surface area contributed by atoms with Crippen LogP contribution in [0.2, 0.25) is 0 Å². The maximum absolute atomic E-state index is 5.82. The maximum Gasteiger partial charge on any atom is 0.115 e. The van der Waals surface area contributed by atoms with Gasteiger partial charge in [-0.1, -0.05) is 6.08 Å². The van der Waals surface area contributed by atoms with Gasteiger partial charge in [-0.15, -0.1) is 0 Å². The summed E-state index contributed by atoms with van der Waals surface area (Å²) in [5.41, 5.74) is 5.72. The van der Waals surface area contributed by atoms with Gasteiger partial charge >= 0.3 is 0 Å². The first-order valence-corrected chi connectivity index (χ1v) is 5.23. The fourth-order valence-corrected chi connectivity index (χ4v) is 1.69. The van der Waals surface area contributed by atoms with Crippen LogP contribution < -0.4 is 5.73 Å². The first kappa shape index (κ1) is 9.74. The van der Waals surface area contributed by atoms with E-state index in [1.807, 2.05) is 12.2 Å². The summed E-state index contributed by atoms with van der Waals surface area (Å²) in [7, 11) is 0. The van der Waals surface area contributed by atoms with Crippen LogP contribution in [0.3, 0.4) is 0 Å². The van der Waals surface area contributed by atoms with Gasteiger partial charge in [0, 0.05) is 18.9 Å². The van der Waals surface area contributed by atoms with Gasteiger partial charge in [0.15, 0.2) is 0 Å². The minimum Gasteiger partial charge on any atom is -0.491 e. The average molecular weight is 195 g/mol. The quantitative estimate of drug-likeness (QED) is 0.723. The lowest BCUT2D eigenvalue weighted by Crippen LogP contribution is -2.24. The molecule has 0 bridgehead atoms. The SMILES string of the molecule is NC1C=CC(OC2CCOCC2)=CC1. The van der Waals surface area contributed by atoms with Crippen LogP contribution in [0.4, 0.5) is 0 Å². The molecule has 3 nitrogen and oxygen atoms in total. The summed E-state index contributed by atoms with van der Waals surface area (Å²) >= 11 is 0. The largest absolute Gasteiger partial charge is 0.491 e. The van der Waals surface area contributed by atoms with Crippen molar-refractivity contribution in [1.29, 1.82) is 0 Å². The summed E-state index contributed by atoms with van der Waals surface area (Å²) in [6.07, 6.45) is 9.25.